The first-order valence-corrected chi connectivity index (χ1v) is 8.83. The van der Waals surface area contributed by atoms with Crippen LogP contribution in [-0.2, 0) is 6.61 Å². The average Bonchev–Trinajstić information content (AvgIpc) is 3.15. The van der Waals surface area contributed by atoms with Crippen molar-refractivity contribution in [1.29, 1.82) is 0 Å². The minimum Gasteiger partial charge on any atom is -0.493 e. The highest BCUT2D eigenvalue weighted by Crippen LogP contribution is 2.29. The molecule has 0 saturated carbocycles. The number of amides is 1. The molecule has 0 atom stereocenters. The SMILES string of the molecule is COc1cc(C(=O)Nc2ccc(Cl)cc2F)ccc1OCc1cscn1. The number of hydrogen-bond acceptors (Lipinski definition) is 5. The third-order valence-electron chi connectivity index (χ3n) is 3.46. The van der Waals surface area contributed by atoms with Gasteiger partial charge in [0.25, 0.3) is 5.91 Å². The molecule has 0 unspecified atom stereocenters. The topological polar surface area (TPSA) is 60.5 Å². The molecule has 8 heteroatoms. The summed E-state index contributed by atoms with van der Waals surface area (Å²) < 4.78 is 24.8. The Morgan fingerprint density at radius 1 is 1.27 bits per heavy atom. The maximum atomic E-state index is 13.8. The average molecular weight is 393 g/mol. The van der Waals surface area contributed by atoms with Crippen molar-refractivity contribution < 1.29 is 18.7 Å². The van der Waals surface area contributed by atoms with Crippen LogP contribution in [0.4, 0.5) is 10.1 Å². The number of aromatic nitrogens is 1. The van der Waals surface area contributed by atoms with Gasteiger partial charge in [-0.1, -0.05) is 11.6 Å². The Hall–Kier alpha value is -2.64. The van der Waals surface area contributed by atoms with Crippen molar-refractivity contribution >= 4 is 34.5 Å². The first kappa shape index (κ1) is 18.2. The second-order valence-electron chi connectivity index (χ2n) is 5.21. The molecular formula is C18H14ClFN2O3S. The Balaban J connectivity index is 1.74. The lowest BCUT2D eigenvalue weighted by molar-refractivity contribution is 0.102. The van der Waals surface area contributed by atoms with Crippen LogP contribution in [0.1, 0.15) is 16.1 Å². The first-order chi connectivity index (χ1) is 12.6. The van der Waals surface area contributed by atoms with Gasteiger partial charge < -0.3 is 14.8 Å². The summed E-state index contributed by atoms with van der Waals surface area (Å²) in [5, 5.41) is 4.64. The molecule has 1 aromatic heterocycles. The summed E-state index contributed by atoms with van der Waals surface area (Å²) in [6.07, 6.45) is 0. The van der Waals surface area contributed by atoms with Crippen molar-refractivity contribution in [2.75, 3.05) is 12.4 Å². The predicted octanol–water partition coefficient (Wildman–Crippen LogP) is 4.78. The van der Waals surface area contributed by atoms with E-state index in [0.717, 1.165) is 11.8 Å². The Morgan fingerprint density at radius 2 is 2.12 bits per heavy atom. The Kier molecular flexibility index (Phi) is 5.70. The van der Waals surface area contributed by atoms with Crippen molar-refractivity contribution in [2.24, 2.45) is 0 Å². The van der Waals surface area contributed by atoms with Crippen LogP contribution in [0.25, 0.3) is 0 Å². The van der Waals surface area contributed by atoms with E-state index in [1.165, 1.54) is 36.6 Å². The molecule has 0 fully saturated rings. The van der Waals surface area contributed by atoms with Crippen LogP contribution in [-0.4, -0.2) is 18.0 Å². The van der Waals surface area contributed by atoms with Crippen molar-refractivity contribution in [3.05, 3.63) is 69.4 Å². The maximum absolute atomic E-state index is 13.8. The summed E-state index contributed by atoms with van der Waals surface area (Å²) in [6.45, 7) is 0.293. The van der Waals surface area contributed by atoms with Crippen LogP contribution in [0.5, 0.6) is 11.5 Å². The Bertz CT molecular complexity index is 919. The van der Waals surface area contributed by atoms with Gasteiger partial charge >= 0.3 is 0 Å². The van der Waals surface area contributed by atoms with E-state index in [4.69, 9.17) is 21.1 Å². The molecule has 0 spiro atoms. The second-order valence-corrected chi connectivity index (χ2v) is 6.37. The van der Waals surface area contributed by atoms with Crippen LogP contribution in [0.3, 0.4) is 0 Å². The fourth-order valence-corrected chi connectivity index (χ4v) is 2.88. The Morgan fingerprint density at radius 3 is 2.81 bits per heavy atom. The zero-order valence-electron chi connectivity index (χ0n) is 13.7. The molecule has 1 heterocycles. The van der Waals surface area contributed by atoms with Crippen molar-refractivity contribution in [2.45, 2.75) is 6.61 Å². The molecule has 0 radical (unpaired) electrons. The largest absolute Gasteiger partial charge is 0.493 e. The number of benzene rings is 2. The fraction of sp³-hybridized carbons (Fsp3) is 0.111. The number of thiazole rings is 1. The highest BCUT2D eigenvalue weighted by molar-refractivity contribution is 7.07. The number of ether oxygens (including phenoxy) is 2. The molecule has 0 bridgehead atoms. The van der Waals surface area contributed by atoms with Crippen LogP contribution in [0.2, 0.25) is 5.02 Å². The van der Waals surface area contributed by atoms with Gasteiger partial charge in [-0.2, -0.15) is 0 Å². The number of hydrogen-bond donors (Lipinski definition) is 1. The third kappa shape index (κ3) is 4.30. The summed E-state index contributed by atoms with van der Waals surface area (Å²) in [5.41, 5.74) is 2.87. The monoisotopic (exact) mass is 392 g/mol. The van der Waals surface area contributed by atoms with Gasteiger partial charge in [0, 0.05) is 16.0 Å². The summed E-state index contributed by atoms with van der Waals surface area (Å²) in [7, 11) is 1.48. The molecule has 1 amide bonds. The smallest absolute Gasteiger partial charge is 0.255 e. The number of nitrogens with zero attached hydrogens (tertiary/aromatic N) is 1. The van der Waals surface area contributed by atoms with Crippen molar-refractivity contribution in [3.8, 4) is 11.5 Å². The van der Waals surface area contributed by atoms with E-state index >= 15 is 0 Å². The molecular weight excluding hydrogens is 379 g/mol. The van der Waals surface area contributed by atoms with Gasteiger partial charge in [0.2, 0.25) is 0 Å². The minimum absolute atomic E-state index is 0.0437. The van der Waals surface area contributed by atoms with Crippen LogP contribution >= 0.6 is 22.9 Å². The number of methoxy groups -OCH3 is 1. The highest BCUT2D eigenvalue weighted by atomic mass is 35.5. The number of rotatable bonds is 6. The van der Waals surface area contributed by atoms with E-state index in [1.54, 1.807) is 17.6 Å². The van der Waals surface area contributed by atoms with E-state index in [1.807, 2.05) is 5.38 Å². The molecule has 5 nitrogen and oxygen atoms in total. The van der Waals surface area contributed by atoms with E-state index in [9.17, 15) is 9.18 Å². The molecule has 0 aliphatic heterocycles. The quantitative estimate of drug-likeness (QED) is 0.656. The summed E-state index contributed by atoms with van der Waals surface area (Å²) in [4.78, 5) is 16.5. The van der Waals surface area contributed by atoms with E-state index in [-0.39, 0.29) is 10.7 Å². The molecule has 2 aromatic carbocycles. The van der Waals surface area contributed by atoms with Crippen molar-refractivity contribution in [1.82, 2.24) is 4.98 Å². The lowest BCUT2D eigenvalue weighted by Crippen LogP contribution is -2.13. The Labute approximate surface area is 158 Å². The van der Waals surface area contributed by atoms with E-state index < -0.39 is 11.7 Å². The van der Waals surface area contributed by atoms with Crippen LogP contribution in [0.15, 0.2) is 47.3 Å². The normalized spacial score (nSPS) is 10.4. The summed E-state index contributed by atoms with van der Waals surface area (Å²) in [5.74, 6) is -0.212. The molecule has 26 heavy (non-hydrogen) atoms. The van der Waals surface area contributed by atoms with E-state index in [2.05, 4.69) is 10.3 Å². The molecule has 0 saturated heterocycles. The van der Waals surface area contributed by atoms with Crippen molar-refractivity contribution in [3.63, 3.8) is 0 Å². The minimum atomic E-state index is -0.610. The summed E-state index contributed by atoms with van der Waals surface area (Å²) >= 11 is 7.19. The highest BCUT2D eigenvalue weighted by Gasteiger charge is 2.14. The number of carbonyl (C=O) groups is 1. The van der Waals surface area contributed by atoms with Gasteiger partial charge in [-0.3, -0.25) is 4.79 Å². The molecule has 134 valence electrons. The predicted molar refractivity (Wildman–Crippen MR) is 98.8 cm³/mol. The second kappa shape index (κ2) is 8.16. The number of anilines is 1. The fourth-order valence-electron chi connectivity index (χ4n) is 2.17. The summed E-state index contributed by atoms with van der Waals surface area (Å²) in [6, 6.07) is 8.75. The zero-order valence-corrected chi connectivity index (χ0v) is 15.2. The van der Waals surface area contributed by atoms with Crippen LogP contribution in [0, 0.1) is 5.82 Å². The maximum Gasteiger partial charge on any atom is 0.255 e. The van der Waals surface area contributed by atoms with Gasteiger partial charge in [-0.05, 0) is 36.4 Å². The third-order valence-corrected chi connectivity index (χ3v) is 4.33. The molecule has 0 aliphatic carbocycles. The molecule has 3 aromatic rings. The molecule has 1 N–H and O–H groups in total. The lowest BCUT2D eigenvalue weighted by atomic mass is 10.1. The lowest BCUT2D eigenvalue weighted by Gasteiger charge is -2.12. The van der Waals surface area contributed by atoms with Gasteiger partial charge in [0.15, 0.2) is 11.5 Å². The number of halogens is 2. The number of carbonyl (C=O) groups excluding carboxylic acids is 1. The van der Waals surface area contributed by atoms with Gasteiger partial charge in [0.05, 0.1) is 24.0 Å². The standard InChI is InChI=1S/C18H14ClFN2O3S/c1-24-17-6-11(2-5-16(17)25-8-13-9-26-10-21-13)18(23)22-15-4-3-12(19)7-14(15)20/h2-7,9-10H,8H2,1H3,(H,22,23). The van der Waals surface area contributed by atoms with Gasteiger partial charge in [-0.25, -0.2) is 9.37 Å². The van der Waals surface area contributed by atoms with Crippen LogP contribution < -0.4 is 14.8 Å². The van der Waals surface area contributed by atoms with Gasteiger partial charge in [-0.15, -0.1) is 11.3 Å². The van der Waals surface area contributed by atoms with E-state index in [0.29, 0.717) is 23.7 Å². The zero-order chi connectivity index (χ0) is 18.5. The molecule has 0 aliphatic rings. The first-order valence-electron chi connectivity index (χ1n) is 7.51. The number of nitrogens with one attached hydrogen (secondary N) is 1. The van der Waals surface area contributed by atoms with Gasteiger partial charge in [0.1, 0.15) is 12.4 Å². The molecule has 3 rings (SSSR count).